The monoisotopic (exact) mass is 377 g/mol. The van der Waals surface area contributed by atoms with Crippen molar-refractivity contribution in [2.75, 3.05) is 18.1 Å². The molecule has 98 valence electrons. The highest BCUT2D eigenvalue weighted by Gasteiger charge is 2.24. The van der Waals surface area contributed by atoms with E-state index in [2.05, 4.69) is 51.8 Å². The lowest BCUT2D eigenvalue weighted by molar-refractivity contribution is -0.138. The molecule has 2 rings (SSSR count). The fourth-order valence-electron chi connectivity index (χ4n) is 2.16. The van der Waals surface area contributed by atoms with E-state index in [0.29, 0.717) is 0 Å². The number of thioether (sulfide) groups is 1. The van der Waals surface area contributed by atoms with Gasteiger partial charge in [-0.2, -0.15) is 11.8 Å². The zero-order chi connectivity index (χ0) is 13.0. The second-order valence-corrected chi connectivity index (χ2v) is 6.82. The Kier molecular flexibility index (Phi) is 5.32. The van der Waals surface area contributed by atoms with Gasteiger partial charge in [0.05, 0.1) is 6.42 Å². The Morgan fingerprint density at radius 1 is 1.56 bits per heavy atom. The number of halogens is 1. The van der Waals surface area contributed by atoms with Gasteiger partial charge in [0.1, 0.15) is 0 Å². The van der Waals surface area contributed by atoms with Gasteiger partial charge in [0, 0.05) is 34.2 Å². The van der Waals surface area contributed by atoms with E-state index in [4.69, 9.17) is 5.11 Å². The van der Waals surface area contributed by atoms with E-state index in [9.17, 15) is 4.79 Å². The summed E-state index contributed by atoms with van der Waals surface area (Å²) in [5.74, 6) is 1.33. The van der Waals surface area contributed by atoms with Crippen LogP contribution in [0.1, 0.15) is 12.0 Å². The van der Waals surface area contributed by atoms with Crippen molar-refractivity contribution >= 4 is 40.3 Å². The SMILES string of the molecule is O=C(O)CC1CSCCN1Cc1cccc(I)c1. The van der Waals surface area contributed by atoms with Crippen molar-refractivity contribution < 1.29 is 9.90 Å². The number of hydrogen-bond donors (Lipinski definition) is 1. The average Bonchev–Trinajstić information content (AvgIpc) is 2.31. The quantitative estimate of drug-likeness (QED) is 0.820. The molecule has 0 radical (unpaired) electrons. The predicted molar refractivity (Wildman–Crippen MR) is 82.9 cm³/mol. The molecule has 0 saturated carbocycles. The van der Waals surface area contributed by atoms with Gasteiger partial charge < -0.3 is 5.11 Å². The third kappa shape index (κ3) is 4.13. The molecular weight excluding hydrogens is 361 g/mol. The lowest BCUT2D eigenvalue weighted by Crippen LogP contribution is -2.42. The molecule has 1 N–H and O–H groups in total. The maximum Gasteiger partial charge on any atom is 0.304 e. The van der Waals surface area contributed by atoms with Crippen LogP contribution in [0.3, 0.4) is 0 Å². The summed E-state index contributed by atoms with van der Waals surface area (Å²) in [7, 11) is 0. The number of carbonyl (C=O) groups is 1. The van der Waals surface area contributed by atoms with Crippen LogP contribution in [0.5, 0.6) is 0 Å². The summed E-state index contributed by atoms with van der Waals surface area (Å²) in [6.45, 7) is 1.84. The van der Waals surface area contributed by atoms with Gasteiger partial charge in [0.25, 0.3) is 0 Å². The summed E-state index contributed by atoms with van der Waals surface area (Å²) in [5, 5.41) is 8.96. The largest absolute Gasteiger partial charge is 0.481 e. The van der Waals surface area contributed by atoms with Crippen LogP contribution in [0.25, 0.3) is 0 Å². The fourth-order valence-corrected chi connectivity index (χ4v) is 3.90. The third-order valence-corrected chi connectivity index (χ3v) is 4.80. The first-order chi connectivity index (χ1) is 8.65. The van der Waals surface area contributed by atoms with Crippen LogP contribution in [0.4, 0.5) is 0 Å². The number of carboxylic acid groups (broad SMARTS) is 1. The molecule has 5 heteroatoms. The number of rotatable bonds is 4. The second kappa shape index (κ2) is 6.77. The van der Waals surface area contributed by atoms with Crippen molar-refractivity contribution in [3.05, 3.63) is 33.4 Å². The van der Waals surface area contributed by atoms with E-state index in [0.717, 1.165) is 24.6 Å². The lowest BCUT2D eigenvalue weighted by Gasteiger charge is -2.34. The van der Waals surface area contributed by atoms with Gasteiger partial charge in [-0.15, -0.1) is 0 Å². The molecule has 1 saturated heterocycles. The molecule has 1 aliphatic rings. The van der Waals surface area contributed by atoms with Crippen molar-refractivity contribution in [3.63, 3.8) is 0 Å². The van der Waals surface area contributed by atoms with E-state index < -0.39 is 5.97 Å². The van der Waals surface area contributed by atoms with E-state index in [-0.39, 0.29) is 12.5 Å². The molecule has 1 atom stereocenters. The molecule has 0 aromatic heterocycles. The Labute approximate surface area is 125 Å². The van der Waals surface area contributed by atoms with E-state index in [1.807, 2.05) is 11.8 Å². The minimum atomic E-state index is -0.699. The summed E-state index contributed by atoms with van der Waals surface area (Å²) in [5.41, 5.74) is 1.27. The van der Waals surface area contributed by atoms with Crippen molar-refractivity contribution in [1.82, 2.24) is 4.90 Å². The topological polar surface area (TPSA) is 40.5 Å². The van der Waals surface area contributed by atoms with Crippen LogP contribution in [0.2, 0.25) is 0 Å². The van der Waals surface area contributed by atoms with E-state index in [1.54, 1.807) is 0 Å². The first-order valence-corrected chi connectivity index (χ1v) is 8.16. The van der Waals surface area contributed by atoms with Crippen molar-refractivity contribution in [1.29, 1.82) is 0 Å². The van der Waals surface area contributed by atoms with Gasteiger partial charge >= 0.3 is 5.97 Å². The molecule has 1 aliphatic heterocycles. The predicted octanol–water partition coefficient (Wildman–Crippen LogP) is 2.68. The molecule has 1 heterocycles. The Hall–Kier alpha value is -0.270. The number of aliphatic carboxylic acids is 1. The minimum Gasteiger partial charge on any atom is -0.481 e. The summed E-state index contributed by atoms with van der Waals surface area (Å²) in [6, 6.07) is 8.58. The zero-order valence-corrected chi connectivity index (χ0v) is 13.0. The van der Waals surface area contributed by atoms with Crippen LogP contribution < -0.4 is 0 Å². The number of benzene rings is 1. The molecule has 0 spiro atoms. The van der Waals surface area contributed by atoms with Crippen LogP contribution >= 0.6 is 34.4 Å². The highest BCUT2D eigenvalue weighted by Crippen LogP contribution is 2.21. The molecule has 0 aliphatic carbocycles. The van der Waals surface area contributed by atoms with Crippen LogP contribution in [-0.4, -0.2) is 40.1 Å². The molecular formula is C13H16INO2S. The first-order valence-electron chi connectivity index (χ1n) is 5.93. The summed E-state index contributed by atoms with van der Waals surface area (Å²) >= 11 is 4.16. The Morgan fingerprint density at radius 2 is 2.39 bits per heavy atom. The number of nitrogens with zero attached hydrogens (tertiary/aromatic N) is 1. The maximum atomic E-state index is 10.9. The highest BCUT2D eigenvalue weighted by atomic mass is 127. The molecule has 1 unspecified atom stereocenters. The summed E-state index contributed by atoms with van der Waals surface area (Å²) in [6.07, 6.45) is 0.247. The van der Waals surface area contributed by atoms with Crippen LogP contribution in [0.15, 0.2) is 24.3 Å². The molecule has 1 aromatic carbocycles. The van der Waals surface area contributed by atoms with Crippen molar-refractivity contribution in [2.24, 2.45) is 0 Å². The normalized spacial score (nSPS) is 20.8. The fraction of sp³-hybridized carbons (Fsp3) is 0.462. The van der Waals surface area contributed by atoms with Crippen LogP contribution in [0, 0.1) is 3.57 Å². The average molecular weight is 377 g/mol. The van der Waals surface area contributed by atoms with Gasteiger partial charge in [-0.05, 0) is 40.3 Å². The summed E-state index contributed by atoms with van der Waals surface area (Å²) < 4.78 is 1.23. The lowest BCUT2D eigenvalue weighted by atomic mass is 10.1. The minimum absolute atomic E-state index is 0.166. The maximum absolute atomic E-state index is 10.9. The molecule has 1 aromatic rings. The Bertz CT molecular complexity index is 427. The van der Waals surface area contributed by atoms with Crippen LogP contribution in [-0.2, 0) is 11.3 Å². The van der Waals surface area contributed by atoms with Gasteiger partial charge in [-0.3, -0.25) is 9.69 Å². The molecule has 1 fully saturated rings. The van der Waals surface area contributed by atoms with Gasteiger partial charge in [0.2, 0.25) is 0 Å². The second-order valence-electron chi connectivity index (χ2n) is 4.43. The molecule has 0 bridgehead atoms. The third-order valence-electron chi connectivity index (χ3n) is 3.03. The first kappa shape index (κ1) is 14.1. The highest BCUT2D eigenvalue weighted by molar-refractivity contribution is 14.1. The smallest absolute Gasteiger partial charge is 0.304 e. The number of hydrogen-bond acceptors (Lipinski definition) is 3. The van der Waals surface area contributed by atoms with E-state index >= 15 is 0 Å². The molecule has 3 nitrogen and oxygen atoms in total. The van der Waals surface area contributed by atoms with Crippen molar-refractivity contribution in [3.8, 4) is 0 Å². The Balaban J connectivity index is 2.03. The summed E-state index contributed by atoms with van der Waals surface area (Å²) in [4.78, 5) is 13.2. The van der Waals surface area contributed by atoms with E-state index in [1.165, 1.54) is 9.13 Å². The molecule has 18 heavy (non-hydrogen) atoms. The zero-order valence-electron chi connectivity index (χ0n) is 10.0. The van der Waals surface area contributed by atoms with Gasteiger partial charge in [0.15, 0.2) is 0 Å². The standard InChI is InChI=1S/C13H16INO2S/c14-11-3-1-2-10(6-11)8-15-4-5-18-9-12(15)7-13(16)17/h1-3,6,12H,4-5,7-9H2,(H,16,17). The Morgan fingerprint density at radius 3 is 3.11 bits per heavy atom. The number of carboxylic acids is 1. The molecule has 0 amide bonds. The van der Waals surface area contributed by atoms with Gasteiger partial charge in [-0.25, -0.2) is 0 Å². The van der Waals surface area contributed by atoms with Gasteiger partial charge in [-0.1, -0.05) is 12.1 Å². The van der Waals surface area contributed by atoms with Crippen molar-refractivity contribution in [2.45, 2.75) is 19.0 Å².